The van der Waals surface area contributed by atoms with E-state index in [2.05, 4.69) is 22.0 Å². The third-order valence-corrected chi connectivity index (χ3v) is 3.22. The number of anilines is 1. The molecule has 0 saturated carbocycles. The zero-order chi connectivity index (χ0) is 14.7. The van der Waals surface area contributed by atoms with Crippen molar-refractivity contribution in [3.8, 4) is 6.07 Å². The maximum Gasteiger partial charge on any atom is 0.209 e. The molecule has 0 fully saturated rings. The molecular weight excluding hydrogens is 323 g/mol. The Hall–Kier alpha value is -2.06. The maximum absolute atomic E-state index is 12.9. The summed E-state index contributed by atoms with van der Waals surface area (Å²) in [6.45, 7) is 0. The van der Waals surface area contributed by atoms with Crippen LogP contribution in [0.3, 0.4) is 0 Å². The van der Waals surface area contributed by atoms with Gasteiger partial charge in [-0.15, -0.1) is 0 Å². The first kappa shape index (κ1) is 14.4. The molecule has 0 N–H and O–H groups in total. The number of rotatable bonds is 3. The Morgan fingerprint density at radius 1 is 1.35 bits per heavy atom. The van der Waals surface area contributed by atoms with Crippen LogP contribution in [0, 0.1) is 17.1 Å². The van der Waals surface area contributed by atoms with E-state index < -0.39 is 0 Å². The summed E-state index contributed by atoms with van der Waals surface area (Å²) in [5.41, 5.74) is 1.06. The minimum Gasteiger partial charge on any atom is -0.440 e. The van der Waals surface area contributed by atoms with Crippen molar-refractivity contribution in [2.24, 2.45) is 0 Å². The average molecular weight is 335 g/mol. The molecule has 0 atom stereocenters. The SMILES string of the molecule is CN(C)c1oc(C=C(C#N)c2ccc(F)cc2)cc1Br. The molecule has 1 heterocycles. The minimum absolute atomic E-state index is 0.332. The Bertz CT molecular complexity index is 681. The van der Waals surface area contributed by atoms with Crippen molar-refractivity contribution in [3.63, 3.8) is 0 Å². The molecule has 3 nitrogen and oxygen atoms in total. The number of nitriles is 1. The summed E-state index contributed by atoms with van der Waals surface area (Å²) in [6, 6.07) is 9.66. The summed E-state index contributed by atoms with van der Waals surface area (Å²) in [6.07, 6.45) is 1.63. The van der Waals surface area contributed by atoms with Crippen molar-refractivity contribution in [2.75, 3.05) is 19.0 Å². The van der Waals surface area contributed by atoms with Gasteiger partial charge in [0.1, 0.15) is 11.6 Å². The fraction of sp³-hybridized carbons (Fsp3) is 0.133. The molecule has 0 aliphatic heterocycles. The van der Waals surface area contributed by atoms with Crippen LogP contribution in [0.5, 0.6) is 0 Å². The molecule has 0 amide bonds. The molecule has 0 saturated heterocycles. The highest BCUT2D eigenvalue weighted by Crippen LogP contribution is 2.30. The van der Waals surface area contributed by atoms with Gasteiger partial charge in [0.25, 0.3) is 0 Å². The zero-order valence-electron chi connectivity index (χ0n) is 11.0. The van der Waals surface area contributed by atoms with Gasteiger partial charge in [-0.3, -0.25) is 0 Å². The zero-order valence-corrected chi connectivity index (χ0v) is 12.6. The largest absolute Gasteiger partial charge is 0.440 e. The van der Waals surface area contributed by atoms with Gasteiger partial charge < -0.3 is 9.32 Å². The smallest absolute Gasteiger partial charge is 0.209 e. The Kier molecular flexibility index (Phi) is 4.26. The molecule has 20 heavy (non-hydrogen) atoms. The van der Waals surface area contributed by atoms with E-state index in [0.29, 0.717) is 22.8 Å². The standard InChI is InChI=1S/C15H12BrFN2O/c1-19(2)15-14(16)8-13(20-15)7-11(9-18)10-3-5-12(17)6-4-10/h3-8H,1-2H3. The summed E-state index contributed by atoms with van der Waals surface area (Å²) >= 11 is 3.40. The monoisotopic (exact) mass is 334 g/mol. The molecule has 102 valence electrons. The van der Waals surface area contributed by atoms with Crippen molar-refractivity contribution in [2.45, 2.75) is 0 Å². The van der Waals surface area contributed by atoms with Crippen LogP contribution < -0.4 is 4.90 Å². The van der Waals surface area contributed by atoms with Crippen molar-refractivity contribution in [1.82, 2.24) is 0 Å². The normalized spacial score (nSPS) is 11.2. The second kappa shape index (κ2) is 5.93. The van der Waals surface area contributed by atoms with E-state index in [4.69, 9.17) is 4.42 Å². The number of nitrogens with zero attached hydrogens (tertiary/aromatic N) is 2. The van der Waals surface area contributed by atoms with Crippen LogP contribution in [0.15, 0.2) is 39.2 Å². The van der Waals surface area contributed by atoms with Gasteiger partial charge in [-0.2, -0.15) is 5.26 Å². The van der Waals surface area contributed by atoms with Gasteiger partial charge in [-0.05, 0) is 39.7 Å². The molecule has 0 aliphatic carbocycles. The third kappa shape index (κ3) is 3.09. The number of halogens is 2. The molecule has 0 unspecified atom stereocenters. The predicted octanol–water partition coefficient (Wildman–Crippen LogP) is 4.31. The summed E-state index contributed by atoms with van der Waals surface area (Å²) in [5, 5.41) is 9.22. The Morgan fingerprint density at radius 3 is 2.50 bits per heavy atom. The number of allylic oxidation sites excluding steroid dienone is 1. The van der Waals surface area contributed by atoms with E-state index in [0.717, 1.165) is 4.47 Å². The van der Waals surface area contributed by atoms with Crippen LogP contribution in [0.25, 0.3) is 11.6 Å². The molecule has 5 heteroatoms. The third-order valence-electron chi connectivity index (χ3n) is 2.66. The highest BCUT2D eigenvalue weighted by molar-refractivity contribution is 9.10. The fourth-order valence-electron chi connectivity index (χ4n) is 1.70. The van der Waals surface area contributed by atoms with Crippen LogP contribution in [0.1, 0.15) is 11.3 Å². The van der Waals surface area contributed by atoms with E-state index in [1.165, 1.54) is 12.1 Å². The van der Waals surface area contributed by atoms with Crippen molar-refractivity contribution >= 4 is 33.5 Å². The highest BCUT2D eigenvalue weighted by atomic mass is 79.9. The van der Waals surface area contributed by atoms with Crippen molar-refractivity contribution in [3.05, 3.63) is 51.9 Å². The predicted molar refractivity (Wildman–Crippen MR) is 80.6 cm³/mol. The van der Waals surface area contributed by atoms with E-state index in [-0.39, 0.29) is 5.82 Å². The first-order valence-electron chi connectivity index (χ1n) is 5.85. The van der Waals surface area contributed by atoms with Gasteiger partial charge in [0.2, 0.25) is 5.88 Å². The van der Waals surface area contributed by atoms with Crippen LogP contribution in [-0.4, -0.2) is 14.1 Å². The molecule has 0 aliphatic rings. The topological polar surface area (TPSA) is 40.2 Å². The second-order valence-corrected chi connectivity index (χ2v) is 5.23. The molecule has 0 radical (unpaired) electrons. The number of benzene rings is 1. The van der Waals surface area contributed by atoms with Gasteiger partial charge in [0, 0.05) is 20.2 Å². The highest BCUT2D eigenvalue weighted by Gasteiger charge is 2.10. The maximum atomic E-state index is 12.9. The molecule has 2 rings (SSSR count). The fourth-order valence-corrected chi connectivity index (χ4v) is 2.37. The Balaban J connectivity index is 2.39. The molecule has 2 aromatic rings. The summed E-state index contributed by atoms with van der Waals surface area (Å²) < 4.78 is 19.3. The Morgan fingerprint density at radius 2 is 2.00 bits per heavy atom. The first-order chi connectivity index (χ1) is 9.51. The summed E-state index contributed by atoms with van der Waals surface area (Å²) in [4.78, 5) is 1.82. The Labute approximate surface area is 125 Å². The number of hydrogen-bond donors (Lipinski definition) is 0. The first-order valence-corrected chi connectivity index (χ1v) is 6.65. The van der Waals surface area contributed by atoms with Crippen LogP contribution in [0.2, 0.25) is 0 Å². The summed E-state index contributed by atoms with van der Waals surface area (Å²) in [7, 11) is 3.73. The van der Waals surface area contributed by atoms with Crippen LogP contribution >= 0.6 is 15.9 Å². The molecule has 1 aromatic carbocycles. The van der Waals surface area contributed by atoms with Gasteiger partial charge in [0.05, 0.1) is 16.1 Å². The lowest BCUT2D eigenvalue weighted by Crippen LogP contribution is -2.07. The van der Waals surface area contributed by atoms with E-state index in [1.54, 1.807) is 24.3 Å². The number of hydrogen-bond acceptors (Lipinski definition) is 3. The van der Waals surface area contributed by atoms with Gasteiger partial charge >= 0.3 is 0 Å². The van der Waals surface area contributed by atoms with E-state index >= 15 is 0 Å². The van der Waals surface area contributed by atoms with Crippen molar-refractivity contribution < 1.29 is 8.81 Å². The lowest BCUT2D eigenvalue weighted by molar-refractivity contribution is 0.554. The molecular formula is C15H12BrFN2O. The minimum atomic E-state index is -0.332. The van der Waals surface area contributed by atoms with E-state index in [9.17, 15) is 9.65 Å². The average Bonchev–Trinajstić information content (AvgIpc) is 2.78. The second-order valence-electron chi connectivity index (χ2n) is 4.37. The lowest BCUT2D eigenvalue weighted by atomic mass is 10.1. The van der Waals surface area contributed by atoms with Crippen LogP contribution in [0.4, 0.5) is 10.3 Å². The van der Waals surface area contributed by atoms with Crippen LogP contribution in [-0.2, 0) is 0 Å². The van der Waals surface area contributed by atoms with Crippen molar-refractivity contribution in [1.29, 1.82) is 5.26 Å². The van der Waals surface area contributed by atoms with Gasteiger partial charge in [-0.1, -0.05) is 12.1 Å². The van der Waals surface area contributed by atoms with E-state index in [1.807, 2.05) is 19.0 Å². The molecule has 1 aromatic heterocycles. The molecule has 0 spiro atoms. The number of furan rings is 1. The van der Waals surface area contributed by atoms with Gasteiger partial charge in [-0.25, -0.2) is 4.39 Å². The lowest BCUT2D eigenvalue weighted by Gasteiger charge is -2.07. The quantitative estimate of drug-likeness (QED) is 0.785. The summed E-state index contributed by atoms with van der Waals surface area (Å²) in [5.74, 6) is 0.899. The van der Waals surface area contributed by atoms with Gasteiger partial charge in [0.15, 0.2) is 0 Å². The molecule has 0 bridgehead atoms.